The van der Waals surface area contributed by atoms with Gasteiger partial charge in [0.05, 0.1) is 12.8 Å². The molecule has 8 heteroatoms. The van der Waals surface area contributed by atoms with Gasteiger partial charge in [0.15, 0.2) is 0 Å². The van der Waals surface area contributed by atoms with Crippen LogP contribution in [0.3, 0.4) is 0 Å². The number of unbranched alkanes of at least 4 members (excludes halogenated alkanes) is 1. The van der Waals surface area contributed by atoms with Crippen molar-refractivity contribution in [2.24, 2.45) is 11.5 Å². The molecule has 6 N–H and O–H groups in total. The first-order valence-corrected chi connectivity index (χ1v) is 5.65. The van der Waals surface area contributed by atoms with Gasteiger partial charge >= 0.3 is 11.9 Å². The SMILES string of the molecule is NC(=O)C(=CCCC=C(CC(=O)O)C(N)=O)CC(=O)O. The molecule has 0 saturated heterocycles. The van der Waals surface area contributed by atoms with Crippen LogP contribution in [0.5, 0.6) is 0 Å². The van der Waals surface area contributed by atoms with Gasteiger partial charge in [-0.05, 0) is 12.8 Å². The van der Waals surface area contributed by atoms with E-state index < -0.39 is 36.6 Å². The van der Waals surface area contributed by atoms with E-state index in [1.165, 1.54) is 12.2 Å². The molecule has 0 fully saturated rings. The topological polar surface area (TPSA) is 161 Å². The van der Waals surface area contributed by atoms with Gasteiger partial charge in [0.25, 0.3) is 0 Å². The normalized spacial score (nSPS) is 12.0. The number of carboxylic acids is 2. The summed E-state index contributed by atoms with van der Waals surface area (Å²) < 4.78 is 0. The molecule has 0 aliphatic heterocycles. The molecule has 0 atom stereocenters. The van der Waals surface area contributed by atoms with Crippen molar-refractivity contribution in [3.05, 3.63) is 23.3 Å². The summed E-state index contributed by atoms with van der Waals surface area (Å²) in [6.45, 7) is 0. The number of allylic oxidation sites excluding steroid dienone is 2. The van der Waals surface area contributed by atoms with E-state index in [4.69, 9.17) is 21.7 Å². The van der Waals surface area contributed by atoms with Crippen molar-refractivity contribution in [1.82, 2.24) is 0 Å². The molecule has 0 aliphatic rings. The number of hydrogen-bond acceptors (Lipinski definition) is 4. The van der Waals surface area contributed by atoms with Crippen LogP contribution in [0.4, 0.5) is 0 Å². The number of amides is 2. The van der Waals surface area contributed by atoms with Crippen LogP contribution in [0.25, 0.3) is 0 Å². The largest absolute Gasteiger partial charge is 0.481 e. The molecular formula is C12H16N2O6. The Labute approximate surface area is 114 Å². The molecule has 0 spiro atoms. The summed E-state index contributed by atoms with van der Waals surface area (Å²) in [5, 5.41) is 17.1. The molecule has 0 aliphatic carbocycles. The third kappa shape index (κ3) is 7.64. The summed E-state index contributed by atoms with van der Waals surface area (Å²) in [6, 6.07) is 0. The predicted molar refractivity (Wildman–Crippen MR) is 68.3 cm³/mol. The fraction of sp³-hybridized carbons (Fsp3) is 0.333. The maximum atomic E-state index is 10.9. The van der Waals surface area contributed by atoms with Gasteiger partial charge in [0.2, 0.25) is 11.8 Å². The van der Waals surface area contributed by atoms with E-state index in [2.05, 4.69) is 0 Å². The Bertz CT molecular complexity index is 434. The molecule has 0 aromatic carbocycles. The summed E-state index contributed by atoms with van der Waals surface area (Å²) in [5.74, 6) is -4.04. The van der Waals surface area contributed by atoms with Crippen LogP contribution in [-0.2, 0) is 19.2 Å². The lowest BCUT2D eigenvalue weighted by atomic mass is 10.1. The predicted octanol–water partition coefficient (Wildman–Crippen LogP) is -0.461. The summed E-state index contributed by atoms with van der Waals surface area (Å²) >= 11 is 0. The second-order valence-corrected chi connectivity index (χ2v) is 3.91. The lowest BCUT2D eigenvalue weighted by Gasteiger charge is -2.00. The Morgan fingerprint density at radius 1 is 0.750 bits per heavy atom. The van der Waals surface area contributed by atoms with E-state index in [-0.39, 0.29) is 24.0 Å². The Hall–Kier alpha value is -2.64. The van der Waals surface area contributed by atoms with E-state index in [0.717, 1.165) is 0 Å². The number of carbonyl (C=O) groups is 4. The average molecular weight is 284 g/mol. The fourth-order valence-electron chi connectivity index (χ4n) is 1.36. The quantitative estimate of drug-likeness (QED) is 0.331. The molecule has 110 valence electrons. The first-order valence-electron chi connectivity index (χ1n) is 5.65. The van der Waals surface area contributed by atoms with Gasteiger partial charge in [0.1, 0.15) is 0 Å². The van der Waals surface area contributed by atoms with E-state index in [1.54, 1.807) is 0 Å². The van der Waals surface area contributed by atoms with Crippen LogP contribution in [-0.4, -0.2) is 34.0 Å². The van der Waals surface area contributed by atoms with E-state index in [9.17, 15) is 19.2 Å². The van der Waals surface area contributed by atoms with Crippen molar-refractivity contribution in [2.75, 3.05) is 0 Å². The van der Waals surface area contributed by atoms with Gasteiger partial charge < -0.3 is 21.7 Å². The van der Waals surface area contributed by atoms with Crippen molar-refractivity contribution in [3.63, 3.8) is 0 Å². The zero-order valence-corrected chi connectivity index (χ0v) is 10.7. The highest BCUT2D eigenvalue weighted by Crippen LogP contribution is 2.08. The van der Waals surface area contributed by atoms with E-state index in [1.807, 2.05) is 0 Å². The Balaban J connectivity index is 4.65. The number of nitrogens with two attached hydrogens (primary N) is 2. The fourth-order valence-corrected chi connectivity index (χ4v) is 1.36. The van der Waals surface area contributed by atoms with Crippen LogP contribution >= 0.6 is 0 Å². The van der Waals surface area contributed by atoms with Crippen molar-refractivity contribution in [1.29, 1.82) is 0 Å². The zero-order chi connectivity index (χ0) is 15.7. The van der Waals surface area contributed by atoms with Gasteiger partial charge in [-0.2, -0.15) is 0 Å². The number of rotatable bonds is 9. The molecule has 20 heavy (non-hydrogen) atoms. The van der Waals surface area contributed by atoms with Crippen LogP contribution in [0.15, 0.2) is 23.3 Å². The maximum absolute atomic E-state index is 10.9. The van der Waals surface area contributed by atoms with Gasteiger partial charge in [0, 0.05) is 11.1 Å². The minimum atomic E-state index is -1.19. The highest BCUT2D eigenvalue weighted by Gasteiger charge is 2.10. The molecule has 2 amide bonds. The number of carbonyl (C=O) groups excluding carboxylic acids is 2. The molecular weight excluding hydrogens is 268 g/mol. The molecule has 0 rings (SSSR count). The number of carboxylic acid groups (broad SMARTS) is 2. The minimum Gasteiger partial charge on any atom is -0.481 e. The van der Waals surface area contributed by atoms with Gasteiger partial charge in [-0.25, -0.2) is 0 Å². The van der Waals surface area contributed by atoms with Crippen LogP contribution < -0.4 is 11.5 Å². The lowest BCUT2D eigenvalue weighted by Crippen LogP contribution is -2.17. The number of primary amides is 2. The van der Waals surface area contributed by atoms with Crippen molar-refractivity contribution < 1.29 is 29.4 Å². The smallest absolute Gasteiger partial charge is 0.308 e. The van der Waals surface area contributed by atoms with Gasteiger partial charge in [-0.1, -0.05) is 12.2 Å². The van der Waals surface area contributed by atoms with Crippen molar-refractivity contribution in [2.45, 2.75) is 25.7 Å². The van der Waals surface area contributed by atoms with Crippen molar-refractivity contribution in [3.8, 4) is 0 Å². The molecule has 8 nitrogen and oxygen atoms in total. The zero-order valence-electron chi connectivity index (χ0n) is 10.7. The van der Waals surface area contributed by atoms with Crippen LogP contribution in [0.1, 0.15) is 25.7 Å². The third-order valence-corrected chi connectivity index (χ3v) is 2.26. The second-order valence-electron chi connectivity index (χ2n) is 3.91. The van der Waals surface area contributed by atoms with Gasteiger partial charge in [-0.3, -0.25) is 19.2 Å². The Morgan fingerprint density at radius 3 is 1.25 bits per heavy atom. The standard InChI is InChI=1S/C12H16N2O6/c13-11(19)7(5-9(15)16)3-1-2-4-8(12(14)20)6-10(17)18/h3-4H,1-2,5-6H2,(H2,13,19)(H2,14,20)(H,15,16)(H,17,18). The lowest BCUT2D eigenvalue weighted by molar-refractivity contribution is -0.137. The third-order valence-electron chi connectivity index (χ3n) is 2.26. The highest BCUT2D eigenvalue weighted by atomic mass is 16.4. The summed E-state index contributed by atoms with van der Waals surface area (Å²) in [6.07, 6.45) is 2.18. The molecule has 0 aromatic heterocycles. The van der Waals surface area contributed by atoms with Crippen LogP contribution in [0, 0.1) is 0 Å². The summed E-state index contributed by atoms with van der Waals surface area (Å²) in [5.41, 5.74) is 9.90. The summed E-state index contributed by atoms with van der Waals surface area (Å²) in [7, 11) is 0. The molecule has 0 radical (unpaired) electrons. The average Bonchev–Trinajstić information content (AvgIpc) is 2.29. The molecule has 0 aromatic rings. The monoisotopic (exact) mass is 284 g/mol. The molecule has 0 heterocycles. The first kappa shape index (κ1) is 17.4. The first-order chi connectivity index (χ1) is 9.23. The molecule has 0 bridgehead atoms. The Morgan fingerprint density at radius 2 is 1.05 bits per heavy atom. The van der Waals surface area contributed by atoms with Crippen molar-refractivity contribution >= 4 is 23.8 Å². The maximum Gasteiger partial charge on any atom is 0.308 e. The van der Waals surface area contributed by atoms with E-state index >= 15 is 0 Å². The number of aliphatic carboxylic acids is 2. The molecule has 0 saturated carbocycles. The minimum absolute atomic E-state index is 0.0511. The Kier molecular flexibility index (Phi) is 7.34. The summed E-state index contributed by atoms with van der Waals surface area (Å²) in [4.78, 5) is 42.8. The van der Waals surface area contributed by atoms with Crippen LogP contribution in [0.2, 0.25) is 0 Å². The molecule has 0 unspecified atom stereocenters. The highest BCUT2D eigenvalue weighted by molar-refractivity contribution is 5.96. The van der Waals surface area contributed by atoms with E-state index in [0.29, 0.717) is 0 Å². The van der Waals surface area contributed by atoms with Gasteiger partial charge in [-0.15, -0.1) is 0 Å². The number of hydrogen-bond donors (Lipinski definition) is 4. The second kappa shape index (κ2) is 8.46.